The third-order valence-corrected chi connectivity index (χ3v) is 1.69. The molecule has 0 unspecified atom stereocenters. The normalized spacial score (nSPS) is 10.6. The Morgan fingerprint density at radius 3 is 3.18 bits per heavy atom. The highest BCUT2D eigenvalue weighted by atomic mass is 16.3. The Balaban J connectivity index is 2.79. The van der Waals surface area contributed by atoms with Crippen LogP contribution in [0.3, 0.4) is 0 Å². The predicted octanol–water partition coefficient (Wildman–Crippen LogP) is 1.79. The molecule has 0 saturated heterocycles. The van der Waals surface area contributed by atoms with Gasteiger partial charge < -0.3 is 4.42 Å². The van der Waals surface area contributed by atoms with Gasteiger partial charge in [0.25, 0.3) is 0 Å². The number of pyridine rings is 1. The zero-order valence-electron chi connectivity index (χ0n) is 6.24. The molecule has 11 heavy (non-hydrogen) atoms. The SMILES string of the molecule is CCc1cncc2ncoc12. The molecule has 3 nitrogen and oxygen atoms in total. The smallest absolute Gasteiger partial charge is 0.182 e. The molecule has 2 heterocycles. The van der Waals surface area contributed by atoms with Crippen molar-refractivity contribution in [1.82, 2.24) is 9.97 Å². The van der Waals surface area contributed by atoms with Gasteiger partial charge in [0.1, 0.15) is 5.52 Å². The van der Waals surface area contributed by atoms with E-state index in [0.29, 0.717) is 0 Å². The van der Waals surface area contributed by atoms with Gasteiger partial charge in [-0.2, -0.15) is 0 Å². The lowest BCUT2D eigenvalue weighted by Gasteiger charge is -1.93. The van der Waals surface area contributed by atoms with Crippen molar-refractivity contribution >= 4 is 11.1 Å². The third-order valence-electron chi connectivity index (χ3n) is 1.69. The first-order chi connectivity index (χ1) is 5.42. The molecular weight excluding hydrogens is 140 g/mol. The lowest BCUT2D eigenvalue weighted by Crippen LogP contribution is -1.82. The topological polar surface area (TPSA) is 38.9 Å². The molecule has 3 heteroatoms. The minimum Gasteiger partial charge on any atom is -0.443 e. The number of oxazole rings is 1. The number of hydrogen-bond donors (Lipinski definition) is 0. The fourth-order valence-electron chi connectivity index (χ4n) is 1.10. The van der Waals surface area contributed by atoms with Gasteiger partial charge in [0, 0.05) is 11.8 Å². The number of hydrogen-bond acceptors (Lipinski definition) is 3. The van der Waals surface area contributed by atoms with E-state index in [-0.39, 0.29) is 0 Å². The molecule has 0 aliphatic carbocycles. The molecule has 0 aliphatic heterocycles. The fraction of sp³-hybridized carbons (Fsp3) is 0.250. The van der Waals surface area contributed by atoms with E-state index in [1.807, 2.05) is 6.20 Å². The maximum Gasteiger partial charge on any atom is 0.182 e. The number of aryl methyl sites for hydroxylation is 1. The van der Waals surface area contributed by atoms with Crippen LogP contribution in [-0.2, 0) is 6.42 Å². The highest BCUT2D eigenvalue weighted by Crippen LogP contribution is 2.15. The Kier molecular flexibility index (Phi) is 1.35. The Bertz CT molecular complexity index is 367. The Hall–Kier alpha value is -1.38. The minimum absolute atomic E-state index is 0.837. The number of fused-ring (bicyclic) bond motifs is 1. The zero-order valence-corrected chi connectivity index (χ0v) is 6.24. The van der Waals surface area contributed by atoms with Gasteiger partial charge in [-0.15, -0.1) is 0 Å². The largest absolute Gasteiger partial charge is 0.443 e. The van der Waals surface area contributed by atoms with E-state index >= 15 is 0 Å². The van der Waals surface area contributed by atoms with E-state index in [0.717, 1.165) is 23.1 Å². The summed E-state index contributed by atoms with van der Waals surface area (Å²) in [7, 11) is 0. The van der Waals surface area contributed by atoms with Crippen molar-refractivity contribution in [3.63, 3.8) is 0 Å². The van der Waals surface area contributed by atoms with Crippen LogP contribution in [0.4, 0.5) is 0 Å². The van der Waals surface area contributed by atoms with Crippen LogP contribution in [0.15, 0.2) is 23.2 Å². The highest BCUT2D eigenvalue weighted by Gasteiger charge is 2.02. The molecule has 56 valence electrons. The second kappa shape index (κ2) is 2.34. The Morgan fingerprint density at radius 1 is 1.45 bits per heavy atom. The van der Waals surface area contributed by atoms with Gasteiger partial charge in [-0.05, 0) is 6.42 Å². The van der Waals surface area contributed by atoms with Crippen molar-refractivity contribution in [2.24, 2.45) is 0 Å². The quantitative estimate of drug-likeness (QED) is 0.618. The monoisotopic (exact) mass is 148 g/mol. The Labute approximate surface area is 64.1 Å². The van der Waals surface area contributed by atoms with Gasteiger partial charge in [-0.1, -0.05) is 6.92 Å². The summed E-state index contributed by atoms with van der Waals surface area (Å²) in [5.74, 6) is 0. The summed E-state index contributed by atoms with van der Waals surface area (Å²) in [4.78, 5) is 8.03. The van der Waals surface area contributed by atoms with Crippen LogP contribution in [0.2, 0.25) is 0 Å². The van der Waals surface area contributed by atoms with Crippen molar-refractivity contribution in [3.8, 4) is 0 Å². The van der Waals surface area contributed by atoms with Crippen molar-refractivity contribution in [2.75, 3.05) is 0 Å². The first-order valence-electron chi connectivity index (χ1n) is 3.58. The van der Waals surface area contributed by atoms with Crippen molar-refractivity contribution in [2.45, 2.75) is 13.3 Å². The van der Waals surface area contributed by atoms with E-state index in [1.165, 1.54) is 6.39 Å². The van der Waals surface area contributed by atoms with Crippen LogP contribution in [-0.4, -0.2) is 9.97 Å². The summed E-state index contributed by atoms with van der Waals surface area (Å²) >= 11 is 0. The van der Waals surface area contributed by atoms with Gasteiger partial charge >= 0.3 is 0 Å². The first-order valence-corrected chi connectivity index (χ1v) is 3.58. The molecule has 0 aliphatic rings. The van der Waals surface area contributed by atoms with E-state index in [9.17, 15) is 0 Å². The molecular formula is C8H8N2O. The predicted molar refractivity (Wildman–Crippen MR) is 41.2 cm³/mol. The summed E-state index contributed by atoms with van der Waals surface area (Å²) in [6, 6.07) is 0. The van der Waals surface area contributed by atoms with Crippen LogP contribution in [0, 0.1) is 0 Å². The van der Waals surface area contributed by atoms with Crippen LogP contribution >= 0.6 is 0 Å². The van der Waals surface area contributed by atoms with Crippen LogP contribution < -0.4 is 0 Å². The molecule has 0 saturated carbocycles. The number of aromatic nitrogens is 2. The molecule has 2 aromatic heterocycles. The van der Waals surface area contributed by atoms with Gasteiger partial charge in [0.05, 0.1) is 6.20 Å². The van der Waals surface area contributed by atoms with Crippen LogP contribution in [0.5, 0.6) is 0 Å². The molecule has 2 rings (SSSR count). The second-order valence-electron chi connectivity index (χ2n) is 2.35. The summed E-state index contributed by atoms with van der Waals surface area (Å²) in [6.07, 6.45) is 5.90. The van der Waals surface area contributed by atoms with Gasteiger partial charge in [0.2, 0.25) is 0 Å². The maximum absolute atomic E-state index is 5.19. The summed E-state index contributed by atoms with van der Waals surface area (Å²) in [5.41, 5.74) is 2.81. The first kappa shape index (κ1) is 6.34. The second-order valence-corrected chi connectivity index (χ2v) is 2.35. The summed E-state index contributed by atoms with van der Waals surface area (Å²) < 4.78 is 5.19. The lowest BCUT2D eigenvalue weighted by molar-refractivity contribution is 0.598. The van der Waals surface area contributed by atoms with Crippen molar-refractivity contribution in [3.05, 3.63) is 24.4 Å². The molecule has 0 radical (unpaired) electrons. The molecule has 0 N–H and O–H groups in total. The van der Waals surface area contributed by atoms with Crippen LogP contribution in [0.1, 0.15) is 12.5 Å². The average molecular weight is 148 g/mol. The Morgan fingerprint density at radius 2 is 2.36 bits per heavy atom. The molecule has 2 aromatic rings. The molecule has 0 atom stereocenters. The third kappa shape index (κ3) is 0.888. The van der Waals surface area contributed by atoms with Crippen molar-refractivity contribution in [1.29, 1.82) is 0 Å². The van der Waals surface area contributed by atoms with Crippen molar-refractivity contribution < 1.29 is 4.42 Å². The number of rotatable bonds is 1. The van der Waals surface area contributed by atoms with Gasteiger partial charge in [0.15, 0.2) is 12.0 Å². The van der Waals surface area contributed by atoms with E-state index in [2.05, 4.69) is 16.9 Å². The van der Waals surface area contributed by atoms with E-state index in [4.69, 9.17) is 4.42 Å². The highest BCUT2D eigenvalue weighted by molar-refractivity contribution is 5.74. The maximum atomic E-state index is 5.19. The minimum atomic E-state index is 0.837. The standard InChI is InChI=1S/C8H8N2O/c1-2-6-3-9-4-7-8(6)11-5-10-7/h3-5H,2H2,1H3. The van der Waals surface area contributed by atoms with Gasteiger partial charge in [-0.3, -0.25) is 4.98 Å². The fourth-order valence-corrected chi connectivity index (χ4v) is 1.10. The molecule has 0 amide bonds. The molecule has 0 spiro atoms. The molecule has 0 bridgehead atoms. The summed E-state index contributed by atoms with van der Waals surface area (Å²) in [6.45, 7) is 2.07. The molecule has 0 fully saturated rings. The average Bonchev–Trinajstić information content (AvgIpc) is 2.50. The summed E-state index contributed by atoms with van der Waals surface area (Å²) in [5, 5.41) is 0. The van der Waals surface area contributed by atoms with E-state index in [1.54, 1.807) is 6.20 Å². The van der Waals surface area contributed by atoms with E-state index < -0.39 is 0 Å². The van der Waals surface area contributed by atoms with Gasteiger partial charge in [-0.25, -0.2) is 4.98 Å². The zero-order chi connectivity index (χ0) is 7.68. The number of nitrogens with zero attached hydrogens (tertiary/aromatic N) is 2. The van der Waals surface area contributed by atoms with Crippen LogP contribution in [0.25, 0.3) is 11.1 Å². The molecule has 0 aromatic carbocycles. The lowest BCUT2D eigenvalue weighted by atomic mass is 10.2.